The standard InChI is InChI=1S/C20H20N4O4S/c25-19(9-10-23-17-3-1-2-4-18(17)28-20(23)29)22-13-11-21(12-14-22)15-5-7-16(8-6-15)24(26)27/h1-8H,9-14H2. The second-order valence-corrected chi connectivity index (χ2v) is 7.23. The van der Waals surface area contributed by atoms with Crippen molar-refractivity contribution in [3.8, 4) is 0 Å². The molecule has 1 saturated heterocycles. The average Bonchev–Trinajstić information content (AvgIpc) is 3.07. The van der Waals surface area contributed by atoms with E-state index in [0.717, 1.165) is 16.8 Å². The minimum absolute atomic E-state index is 0.0768. The molecule has 29 heavy (non-hydrogen) atoms. The lowest BCUT2D eigenvalue weighted by Gasteiger charge is -2.36. The van der Waals surface area contributed by atoms with E-state index < -0.39 is 4.92 Å². The van der Waals surface area contributed by atoms with Crippen molar-refractivity contribution in [3.05, 3.63) is 63.5 Å². The molecule has 2 aromatic carbocycles. The first kappa shape index (κ1) is 19.1. The molecule has 1 amide bonds. The zero-order chi connectivity index (χ0) is 20.4. The van der Waals surface area contributed by atoms with Gasteiger partial charge in [-0.15, -0.1) is 0 Å². The molecular formula is C20H20N4O4S. The lowest BCUT2D eigenvalue weighted by molar-refractivity contribution is -0.384. The number of nitrogens with zero attached hydrogens (tertiary/aromatic N) is 4. The van der Waals surface area contributed by atoms with E-state index >= 15 is 0 Å². The van der Waals surface area contributed by atoms with E-state index in [1.807, 2.05) is 33.7 Å². The number of carbonyl (C=O) groups excluding carboxylic acids is 1. The minimum Gasteiger partial charge on any atom is -0.429 e. The predicted octanol–water partition coefficient (Wildman–Crippen LogP) is 3.61. The maximum Gasteiger partial charge on any atom is 0.269 e. The Morgan fingerprint density at radius 3 is 2.45 bits per heavy atom. The fraction of sp³-hybridized carbons (Fsp3) is 0.300. The van der Waals surface area contributed by atoms with Crippen molar-refractivity contribution in [3.63, 3.8) is 0 Å². The summed E-state index contributed by atoms with van der Waals surface area (Å²) in [4.78, 5) is 27.4. The number of benzene rings is 2. The van der Waals surface area contributed by atoms with E-state index in [0.29, 0.717) is 44.0 Å². The Morgan fingerprint density at radius 2 is 1.76 bits per heavy atom. The van der Waals surface area contributed by atoms with Gasteiger partial charge < -0.3 is 14.2 Å². The van der Waals surface area contributed by atoms with Crippen LogP contribution in [0.3, 0.4) is 0 Å². The number of nitro groups is 1. The number of anilines is 1. The lowest BCUT2D eigenvalue weighted by atomic mass is 10.2. The van der Waals surface area contributed by atoms with Crippen LogP contribution >= 0.6 is 12.2 Å². The molecule has 0 unspecified atom stereocenters. The molecule has 1 aliphatic heterocycles. The summed E-state index contributed by atoms with van der Waals surface area (Å²) >= 11 is 5.28. The number of rotatable bonds is 5. The van der Waals surface area contributed by atoms with Crippen LogP contribution in [-0.2, 0) is 11.3 Å². The van der Waals surface area contributed by atoms with Crippen LogP contribution < -0.4 is 4.90 Å². The van der Waals surface area contributed by atoms with Crippen LogP contribution in [0.5, 0.6) is 0 Å². The van der Waals surface area contributed by atoms with Crippen LogP contribution in [0.15, 0.2) is 52.9 Å². The number of carbonyl (C=O) groups is 1. The number of nitro benzene ring substituents is 1. The summed E-state index contributed by atoms with van der Waals surface area (Å²) in [6.45, 7) is 3.10. The van der Waals surface area contributed by atoms with Gasteiger partial charge in [-0.1, -0.05) is 12.1 Å². The molecule has 1 aliphatic rings. The second-order valence-electron chi connectivity index (χ2n) is 6.88. The third kappa shape index (κ3) is 4.00. The van der Waals surface area contributed by atoms with Gasteiger partial charge in [-0.3, -0.25) is 19.5 Å². The maximum absolute atomic E-state index is 12.7. The number of aryl methyl sites for hydroxylation is 1. The number of amides is 1. The van der Waals surface area contributed by atoms with Gasteiger partial charge in [0.05, 0.1) is 10.4 Å². The highest BCUT2D eigenvalue weighted by Crippen LogP contribution is 2.21. The Labute approximate surface area is 172 Å². The first-order valence-corrected chi connectivity index (χ1v) is 9.79. The van der Waals surface area contributed by atoms with E-state index in [1.54, 1.807) is 12.1 Å². The molecule has 0 N–H and O–H groups in total. The van der Waals surface area contributed by atoms with Crippen LogP contribution in [0, 0.1) is 15.0 Å². The van der Waals surface area contributed by atoms with Crippen molar-refractivity contribution in [1.82, 2.24) is 9.47 Å². The molecule has 4 rings (SSSR count). The van der Waals surface area contributed by atoms with E-state index in [9.17, 15) is 14.9 Å². The minimum atomic E-state index is -0.407. The molecule has 2 heterocycles. The molecular weight excluding hydrogens is 392 g/mol. The Bertz CT molecular complexity index is 1100. The molecule has 0 saturated carbocycles. The van der Waals surface area contributed by atoms with Crippen LogP contribution in [0.4, 0.5) is 11.4 Å². The molecule has 0 radical (unpaired) electrons. The normalized spacial score (nSPS) is 14.3. The Balaban J connectivity index is 1.33. The molecule has 0 aliphatic carbocycles. The van der Waals surface area contributed by atoms with Crippen LogP contribution in [0.2, 0.25) is 0 Å². The van der Waals surface area contributed by atoms with Crippen molar-refractivity contribution in [2.45, 2.75) is 13.0 Å². The van der Waals surface area contributed by atoms with Gasteiger partial charge in [-0.05, 0) is 36.5 Å². The van der Waals surface area contributed by atoms with Crippen molar-refractivity contribution in [2.75, 3.05) is 31.1 Å². The summed E-state index contributed by atoms with van der Waals surface area (Å²) in [5.74, 6) is 0.0838. The molecule has 1 aromatic heterocycles. The fourth-order valence-electron chi connectivity index (χ4n) is 3.59. The number of hydrogen-bond acceptors (Lipinski definition) is 6. The zero-order valence-corrected chi connectivity index (χ0v) is 16.5. The Morgan fingerprint density at radius 1 is 1.07 bits per heavy atom. The van der Waals surface area contributed by atoms with Crippen molar-refractivity contribution < 1.29 is 14.1 Å². The van der Waals surface area contributed by atoms with Gasteiger partial charge in [0, 0.05) is 57.0 Å². The number of hydrogen-bond donors (Lipinski definition) is 0. The molecule has 0 atom stereocenters. The van der Waals surface area contributed by atoms with Gasteiger partial charge in [0.15, 0.2) is 5.58 Å². The molecule has 3 aromatic rings. The molecule has 9 heteroatoms. The van der Waals surface area contributed by atoms with Gasteiger partial charge in [0.2, 0.25) is 5.91 Å². The summed E-state index contributed by atoms with van der Waals surface area (Å²) in [6, 6.07) is 14.1. The van der Waals surface area contributed by atoms with Crippen LogP contribution in [-0.4, -0.2) is 46.5 Å². The summed E-state index contributed by atoms with van der Waals surface area (Å²) in [6.07, 6.45) is 0.357. The zero-order valence-electron chi connectivity index (χ0n) is 15.7. The predicted molar refractivity (Wildman–Crippen MR) is 112 cm³/mol. The quantitative estimate of drug-likeness (QED) is 0.362. The number of non-ortho nitro benzene ring substituents is 1. The van der Waals surface area contributed by atoms with E-state index in [1.165, 1.54) is 12.1 Å². The van der Waals surface area contributed by atoms with Gasteiger partial charge in [-0.2, -0.15) is 0 Å². The molecule has 0 bridgehead atoms. The Kier molecular flexibility index (Phi) is 5.30. The van der Waals surface area contributed by atoms with E-state index in [4.69, 9.17) is 16.6 Å². The van der Waals surface area contributed by atoms with Crippen molar-refractivity contribution in [2.24, 2.45) is 0 Å². The van der Waals surface area contributed by atoms with E-state index in [-0.39, 0.29) is 11.6 Å². The highest BCUT2D eigenvalue weighted by atomic mass is 32.1. The molecule has 1 fully saturated rings. The molecule has 0 spiro atoms. The van der Waals surface area contributed by atoms with E-state index in [2.05, 4.69) is 4.90 Å². The SMILES string of the molecule is O=C(CCn1c(=S)oc2ccccc21)N1CCN(c2ccc([N+](=O)[O-])cc2)CC1. The summed E-state index contributed by atoms with van der Waals surface area (Å²) < 4.78 is 7.42. The van der Waals surface area contributed by atoms with Gasteiger partial charge in [-0.25, -0.2) is 0 Å². The number of oxazole rings is 1. The number of para-hydroxylation sites is 2. The number of fused-ring (bicyclic) bond motifs is 1. The first-order chi connectivity index (χ1) is 14.0. The highest BCUT2D eigenvalue weighted by molar-refractivity contribution is 7.71. The number of piperazine rings is 1. The van der Waals surface area contributed by atoms with Crippen LogP contribution in [0.1, 0.15) is 6.42 Å². The summed E-state index contributed by atoms with van der Waals surface area (Å²) in [5, 5.41) is 10.8. The largest absolute Gasteiger partial charge is 0.429 e. The summed E-state index contributed by atoms with van der Waals surface area (Å²) in [5.41, 5.74) is 2.63. The maximum atomic E-state index is 12.7. The number of aromatic nitrogens is 1. The fourth-order valence-corrected chi connectivity index (χ4v) is 3.87. The lowest BCUT2D eigenvalue weighted by Crippen LogP contribution is -2.48. The van der Waals surface area contributed by atoms with Crippen molar-refractivity contribution in [1.29, 1.82) is 0 Å². The third-order valence-corrected chi connectivity index (χ3v) is 5.48. The van der Waals surface area contributed by atoms with Crippen LogP contribution in [0.25, 0.3) is 11.1 Å². The summed E-state index contributed by atoms with van der Waals surface area (Å²) in [7, 11) is 0. The Hall–Kier alpha value is -3.20. The monoisotopic (exact) mass is 412 g/mol. The third-order valence-electron chi connectivity index (χ3n) is 5.18. The first-order valence-electron chi connectivity index (χ1n) is 9.38. The smallest absolute Gasteiger partial charge is 0.269 e. The topological polar surface area (TPSA) is 84.8 Å². The van der Waals surface area contributed by atoms with Gasteiger partial charge in [0.1, 0.15) is 0 Å². The molecule has 150 valence electrons. The average molecular weight is 412 g/mol. The second kappa shape index (κ2) is 8.04. The van der Waals surface area contributed by atoms with Crippen molar-refractivity contribution >= 4 is 40.6 Å². The van der Waals surface area contributed by atoms with Gasteiger partial charge in [0.25, 0.3) is 10.5 Å². The molecule has 8 nitrogen and oxygen atoms in total. The highest BCUT2D eigenvalue weighted by Gasteiger charge is 2.22. The van der Waals surface area contributed by atoms with Gasteiger partial charge >= 0.3 is 0 Å².